The minimum Gasteiger partial charge on any atom is -0.396 e. The van der Waals surface area contributed by atoms with Gasteiger partial charge in [0.25, 0.3) is 0 Å². The summed E-state index contributed by atoms with van der Waals surface area (Å²) in [5, 5.41) is 8.82. The first-order chi connectivity index (χ1) is 7.27. The molecule has 0 radical (unpaired) electrons. The molecule has 0 aromatic carbocycles. The van der Waals surface area contributed by atoms with Gasteiger partial charge in [-0.3, -0.25) is 4.79 Å². The van der Waals surface area contributed by atoms with Crippen molar-refractivity contribution in [3.05, 3.63) is 0 Å². The van der Waals surface area contributed by atoms with E-state index >= 15 is 0 Å². The van der Waals surface area contributed by atoms with Crippen LogP contribution in [-0.4, -0.2) is 35.6 Å². The van der Waals surface area contributed by atoms with Crippen LogP contribution in [0.5, 0.6) is 0 Å². The first-order valence-corrected chi connectivity index (χ1v) is 6.16. The third-order valence-corrected chi connectivity index (χ3v) is 3.17. The second kappa shape index (κ2) is 6.83. The van der Waals surface area contributed by atoms with Gasteiger partial charge in [-0.15, -0.1) is 0 Å². The molecule has 1 amide bonds. The zero-order valence-corrected chi connectivity index (χ0v) is 9.74. The van der Waals surface area contributed by atoms with Crippen LogP contribution >= 0.6 is 0 Å². The smallest absolute Gasteiger partial charge is 0.222 e. The highest BCUT2D eigenvalue weighted by Gasteiger charge is 2.24. The van der Waals surface area contributed by atoms with Gasteiger partial charge >= 0.3 is 0 Å². The minimum absolute atomic E-state index is 0.253. The highest BCUT2D eigenvalue weighted by molar-refractivity contribution is 5.76. The Morgan fingerprint density at radius 1 is 1.47 bits per heavy atom. The number of likely N-dealkylation sites (tertiary alicyclic amines) is 1. The normalized spacial score (nSPS) is 20.9. The summed E-state index contributed by atoms with van der Waals surface area (Å²) in [5.41, 5.74) is 0. The Morgan fingerprint density at radius 3 is 2.93 bits per heavy atom. The molecule has 1 saturated heterocycles. The topological polar surface area (TPSA) is 40.5 Å². The van der Waals surface area contributed by atoms with E-state index in [9.17, 15) is 4.79 Å². The molecule has 0 aromatic heterocycles. The van der Waals surface area contributed by atoms with Crippen LogP contribution in [-0.2, 0) is 4.79 Å². The van der Waals surface area contributed by atoms with Gasteiger partial charge in [-0.1, -0.05) is 19.8 Å². The van der Waals surface area contributed by atoms with Crippen molar-refractivity contribution in [3.63, 3.8) is 0 Å². The Hall–Kier alpha value is -0.570. The highest BCUT2D eigenvalue weighted by atomic mass is 16.3. The number of carbonyl (C=O) groups is 1. The predicted molar refractivity (Wildman–Crippen MR) is 60.5 cm³/mol. The largest absolute Gasteiger partial charge is 0.396 e. The van der Waals surface area contributed by atoms with Gasteiger partial charge in [0, 0.05) is 26.1 Å². The number of rotatable bonds is 6. The summed E-state index contributed by atoms with van der Waals surface area (Å²) in [6.07, 6.45) is 5.97. The van der Waals surface area contributed by atoms with Crippen molar-refractivity contribution in [1.82, 2.24) is 4.90 Å². The van der Waals surface area contributed by atoms with Crippen LogP contribution in [0.1, 0.15) is 45.4 Å². The van der Waals surface area contributed by atoms with Gasteiger partial charge < -0.3 is 10.0 Å². The standard InChI is InChI=1S/C12H23NO2/c1-2-3-4-5-12(15)13-8-6-11(10-13)7-9-14/h11,14H,2-10H2,1H3. The molecule has 0 aliphatic carbocycles. The molecular formula is C12H23NO2. The van der Waals surface area contributed by atoms with Crippen LogP contribution in [0.15, 0.2) is 0 Å². The van der Waals surface area contributed by atoms with E-state index in [1.54, 1.807) is 0 Å². The Kier molecular flexibility index (Phi) is 5.69. The Balaban J connectivity index is 2.18. The van der Waals surface area contributed by atoms with Crippen LogP contribution in [0.4, 0.5) is 0 Å². The molecule has 1 atom stereocenters. The molecule has 0 saturated carbocycles. The SMILES string of the molecule is CCCCCC(=O)N1CCC(CCO)C1. The second-order valence-electron chi connectivity index (χ2n) is 4.46. The summed E-state index contributed by atoms with van der Waals surface area (Å²) in [5.74, 6) is 0.842. The third-order valence-electron chi connectivity index (χ3n) is 3.17. The number of hydrogen-bond donors (Lipinski definition) is 1. The quantitative estimate of drug-likeness (QED) is 0.683. The van der Waals surface area contributed by atoms with E-state index in [1.807, 2.05) is 4.90 Å². The van der Waals surface area contributed by atoms with Crippen LogP contribution in [0, 0.1) is 5.92 Å². The molecule has 1 rings (SSSR count). The second-order valence-corrected chi connectivity index (χ2v) is 4.46. The molecule has 1 unspecified atom stereocenters. The van der Waals surface area contributed by atoms with Crippen LogP contribution in [0.25, 0.3) is 0 Å². The molecular weight excluding hydrogens is 190 g/mol. The summed E-state index contributed by atoms with van der Waals surface area (Å²) in [7, 11) is 0. The average molecular weight is 213 g/mol. The molecule has 88 valence electrons. The van der Waals surface area contributed by atoms with E-state index in [1.165, 1.54) is 6.42 Å². The molecule has 0 aromatic rings. The molecule has 1 aliphatic heterocycles. The molecule has 1 N–H and O–H groups in total. The van der Waals surface area contributed by atoms with Crippen LogP contribution < -0.4 is 0 Å². The van der Waals surface area contributed by atoms with E-state index < -0.39 is 0 Å². The van der Waals surface area contributed by atoms with E-state index in [0.29, 0.717) is 18.2 Å². The number of unbranched alkanes of at least 4 members (excludes halogenated alkanes) is 2. The van der Waals surface area contributed by atoms with Crippen molar-refractivity contribution < 1.29 is 9.90 Å². The number of aliphatic hydroxyl groups excluding tert-OH is 1. The average Bonchev–Trinajstić information content (AvgIpc) is 2.67. The van der Waals surface area contributed by atoms with Gasteiger partial charge in [-0.2, -0.15) is 0 Å². The Morgan fingerprint density at radius 2 is 2.27 bits per heavy atom. The fraction of sp³-hybridized carbons (Fsp3) is 0.917. The van der Waals surface area contributed by atoms with Crippen molar-refractivity contribution in [2.24, 2.45) is 5.92 Å². The number of hydrogen-bond acceptors (Lipinski definition) is 2. The highest BCUT2D eigenvalue weighted by Crippen LogP contribution is 2.20. The summed E-state index contributed by atoms with van der Waals surface area (Å²) in [6, 6.07) is 0. The lowest BCUT2D eigenvalue weighted by Crippen LogP contribution is -2.28. The number of nitrogens with zero attached hydrogens (tertiary/aromatic N) is 1. The molecule has 3 nitrogen and oxygen atoms in total. The lowest BCUT2D eigenvalue weighted by molar-refractivity contribution is -0.130. The molecule has 1 heterocycles. The molecule has 0 spiro atoms. The lowest BCUT2D eigenvalue weighted by atomic mass is 10.1. The van der Waals surface area contributed by atoms with E-state index in [2.05, 4.69) is 6.92 Å². The third kappa shape index (κ3) is 4.20. The van der Waals surface area contributed by atoms with Gasteiger partial charge in [0.05, 0.1) is 0 Å². The van der Waals surface area contributed by atoms with Crippen molar-refractivity contribution in [2.45, 2.75) is 45.4 Å². The van der Waals surface area contributed by atoms with E-state index in [0.717, 1.165) is 38.8 Å². The summed E-state index contributed by atoms with van der Waals surface area (Å²) in [6.45, 7) is 4.17. The van der Waals surface area contributed by atoms with Gasteiger partial charge in [0.1, 0.15) is 0 Å². The minimum atomic E-state index is 0.253. The van der Waals surface area contributed by atoms with E-state index in [-0.39, 0.29) is 6.61 Å². The molecule has 0 bridgehead atoms. The number of aliphatic hydroxyl groups is 1. The molecule has 1 fully saturated rings. The van der Waals surface area contributed by atoms with Crippen molar-refractivity contribution in [2.75, 3.05) is 19.7 Å². The molecule has 3 heteroatoms. The summed E-state index contributed by atoms with van der Waals surface area (Å²) in [4.78, 5) is 13.7. The monoisotopic (exact) mass is 213 g/mol. The fourth-order valence-corrected chi connectivity index (χ4v) is 2.16. The maximum absolute atomic E-state index is 11.7. The maximum Gasteiger partial charge on any atom is 0.222 e. The van der Waals surface area contributed by atoms with Gasteiger partial charge in [0.2, 0.25) is 5.91 Å². The number of amides is 1. The Bertz CT molecular complexity index is 194. The first-order valence-electron chi connectivity index (χ1n) is 6.16. The predicted octanol–water partition coefficient (Wildman–Crippen LogP) is 1.80. The summed E-state index contributed by atoms with van der Waals surface area (Å²) < 4.78 is 0. The maximum atomic E-state index is 11.7. The van der Waals surface area contributed by atoms with Gasteiger partial charge in [-0.05, 0) is 25.2 Å². The zero-order chi connectivity index (χ0) is 11.1. The Labute approximate surface area is 92.5 Å². The van der Waals surface area contributed by atoms with Gasteiger partial charge in [-0.25, -0.2) is 0 Å². The number of carbonyl (C=O) groups excluding carboxylic acids is 1. The summed E-state index contributed by atoms with van der Waals surface area (Å²) >= 11 is 0. The first kappa shape index (κ1) is 12.5. The van der Waals surface area contributed by atoms with Crippen molar-refractivity contribution in [3.8, 4) is 0 Å². The van der Waals surface area contributed by atoms with Gasteiger partial charge in [0.15, 0.2) is 0 Å². The molecule has 15 heavy (non-hydrogen) atoms. The fourth-order valence-electron chi connectivity index (χ4n) is 2.16. The molecule has 1 aliphatic rings. The van der Waals surface area contributed by atoms with Crippen molar-refractivity contribution in [1.29, 1.82) is 0 Å². The zero-order valence-electron chi connectivity index (χ0n) is 9.74. The lowest BCUT2D eigenvalue weighted by Gasteiger charge is -2.16. The van der Waals surface area contributed by atoms with Crippen molar-refractivity contribution >= 4 is 5.91 Å². The van der Waals surface area contributed by atoms with Crippen LogP contribution in [0.3, 0.4) is 0 Å². The van der Waals surface area contributed by atoms with Crippen LogP contribution in [0.2, 0.25) is 0 Å². The van der Waals surface area contributed by atoms with E-state index in [4.69, 9.17) is 5.11 Å².